The Hall–Kier alpha value is -2.45. The third kappa shape index (κ3) is 4.84. The van der Waals surface area contributed by atoms with E-state index in [0.29, 0.717) is 33.4 Å². The number of hydrogen-bond acceptors (Lipinski definition) is 6. The summed E-state index contributed by atoms with van der Waals surface area (Å²) in [6.07, 6.45) is 0.877. The molecule has 3 heterocycles. The summed E-state index contributed by atoms with van der Waals surface area (Å²) in [6, 6.07) is 15.6. The minimum atomic E-state index is 0.00354. The van der Waals surface area contributed by atoms with Crippen molar-refractivity contribution in [2.45, 2.75) is 30.8 Å². The zero-order chi connectivity index (χ0) is 23.5. The number of morpholine rings is 1. The molecule has 0 atom stereocenters. The molecule has 0 saturated carbocycles. The van der Waals surface area contributed by atoms with Gasteiger partial charge in [0.2, 0.25) is 0 Å². The minimum Gasteiger partial charge on any atom is -0.379 e. The van der Waals surface area contributed by atoms with E-state index in [-0.39, 0.29) is 5.56 Å². The third-order valence-electron chi connectivity index (χ3n) is 6.27. The molecule has 1 aliphatic heterocycles. The monoisotopic (exact) mass is 494 g/mol. The molecule has 2 aromatic carbocycles. The van der Waals surface area contributed by atoms with Gasteiger partial charge in [-0.2, -0.15) is 0 Å². The predicted octanol–water partition coefficient (Wildman–Crippen LogP) is 4.92. The fraction of sp³-hybridized carbons (Fsp3) is 0.346. The Bertz CT molecular complexity index is 1380. The Labute approximate surface area is 207 Å². The van der Waals surface area contributed by atoms with Crippen molar-refractivity contribution < 1.29 is 4.74 Å². The molecule has 4 aromatic rings. The van der Waals surface area contributed by atoms with Gasteiger partial charge in [-0.3, -0.25) is 19.2 Å². The SMILES string of the molecule is Cc1c(Cl)c(CSc2nc3ccccc3c(=O)n2CCCN2CCOCC2)nc2ccccc12. The lowest BCUT2D eigenvalue weighted by Gasteiger charge is -2.26. The van der Waals surface area contributed by atoms with Crippen LogP contribution in [0.5, 0.6) is 0 Å². The molecule has 8 heteroatoms. The van der Waals surface area contributed by atoms with Gasteiger partial charge < -0.3 is 4.74 Å². The summed E-state index contributed by atoms with van der Waals surface area (Å²) in [4.78, 5) is 25.4. The number of aromatic nitrogens is 3. The van der Waals surface area contributed by atoms with Crippen molar-refractivity contribution in [2.75, 3.05) is 32.8 Å². The summed E-state index contributed by atoms with van der Waals surface area (Å²) in [5.41, 5.74) is 3.48. The molecule has 34 heavy (non-hydrogen) atoms. The summed E-state index contributed by atoms with van der Waals surface area (Å²) in [5, 5.41) is 3.09. The molecule has 1 fully saturated rings. The number of benzene rings is 2. The van der Waals surface area contributed by atoms with Gasteiger partial charge in [0.25, 0.3) is 5.56 Å². The second kappa shape index (κ2) is 10.4. The summed E-state index contributed by atoms with van der Waals surface area (Å²) in [5.74, 6) is 0.540. The number of pyridine rings is 1. The van der Waals surface area contributed by atoms with Crippen LogP contribution in [0.4, 0.5) is 0 Å². The molecule has 0 bridgehead atoms. The molecule has 1 saturated heterocycles. The van der Waals surface area contributed by atoms with E-state index >= 15 is 0 Å². The average Bonchev–Trinajstić information content (AvgIpc) is 2.87. The van der Waals surface area contributed by atoms with Crippen molar-refractivity contribution in [3.8, 4) is 0 Å². The van der Waals surface area contributed by atoms with Gasteiger partial charge in [0, 0.05) is 37.3 Å². The summed E-state index contributed by atoms with van der Waals surface area (Å²) in [6.45, 7) is 7.01. The molecule has 176 valence electrons. The fourth-order valence-electron chi connectivity index (χ4n) is 4.38. The topological polar surface area (TPSA) is 60.2 Å². The van der Waals surface area contributed by atoms with Crippen molar-refractivity contribution in [1.82, 2.24) is 19.4 Å². The maximum Gasteiger partial charge on any atom is 0.262 e. The molecule has 5 rings (SSSR count). The third-order valence-corrected chi connectivity index (χ3v) is 7.76. The number of nitrogens with zero attached hydrogens (tertiary/aromatic N) is 4. The van der Waals surface area contributed by atoms with E-state index in [1.807, 2.05) is 60.0 Å². The van der Waals surface area contributed by atoms with Crippen molar-refractivity contribution in [3.05, 3.63) is 75.2 Å². The van der Waals surface area contributed by atoms with Crippen molar-refractivity contribution in [2.24, 2.45) is 0 Å². The van der Waals surface area contributed by atoms with Crippen molar-refractivity contribution in [3.63, 3.8) is 0 Å². The lowest BCUT2D eigenvalue weighted by Crippen LogP contribution is -2.37. The molecule has 0 spiro atoms. The van der Waals surface area contributed by atoms with E-state index in [1.54, 1.807) is 0 Å². The Morgan fingerprint density at radius 1 is 0.971 bits per heavy atom. The van der Waals surface area contributed by atoms with Crippen molar-refractivity contribution in [1.29, 1.82) is 0 Å². The second-order valence-electron chi connectivity index (χ2n) is 8.48. The smallest absolute Gasteiger partial charge is 0.262 e. The van der Waals surface area contributed by atoms with Crippen LogP contribution in [-0.2, 0) is 17.0 Å². The number of hydrogen-bond donors (Lipinski definition) is 0. The van der Waals surface area contributed by atoms with Gasteiger partial charge in [-0.1, -0.05) is 53.7 Å². The standard InChI is InChI=1S/C26H27ClN4O2S/c1-18-19-7-2-4-9-21(19)28-23(24(18)27)17-34-26-29-22-10-5-3-8-20(22)25(32)31(26)12-6-11-30-13-15-33-16-14-30/h2-5,7-10H,6,11-17H2,1H3. The van der Waals surface area contributed by atoms with Gasteiger partial charge in [0.05, 0.1) is 40.3 Å². The minimum absolute atomic E-state index is 0.00354. The molecule has 2 aromatic heterocycles. The van der Waals surface area contributed by atoms with E-state index in [1.165, 1.54) is 11.8 Å². The number of ether oxygens (including phenoxy) is 1. The maximum absolute atomic E-state index is 13.4. The largest absolute Gasteiger partial charge is 0.379 e. The second-order valence-corrected chi connectivity index (χ2v) is 9.80. The number of thioether (sulfide) groups is 1. The number of aryl methyl sites for hydroxylation is 1. The van der Waals surface area contributed by atoms with Gasteiger partial charge in [0.1, 0.15) is 0 Å². The van der Waals surface area contributed by atoms with Gasteiger partial charge in [-0.25, -0.2) is 4.98 Å². The van der Waals surface area contributed by atoms with Crippen LogP contribution in [0, 0.1) is 6.92 Å². The van der Waals surface area contributed by atoms with Gasteiger partial charge >= 0.3 is 0 Å². The number of rotatable bonds is 7. The lowest BCUT2D eigenvalue weighted by atomic mass is 10.1. The molecule has 0 aliphatic carbocycles. The van der Waals surface area contributed by atoms with Crippen LogP contribution in [0.3, 0.4) is 0 Å². The molecule has 1 aliphatic rings. The highest BCUT2D eigenvalue weighted by Crippen LogP contribution is 2.31. The first-order chi connectivity index (χ1) is 16.6. The summed E-state index contributed by atoms with van der Waals surface area (Å²) >= 11 is 8.21. The Morgan fingerprint density at radius 2 is 1.65 bits per heavy atom. The molecular weight excluding hydrogens is 468 g/mol. The normalized spacial score (nSPS) is 14.8. The van der Waals surface area contributed by atoms with Crippen LogP contribution in [0.25, 0.3) is 21.8 Å². The maximum atomic E-state index is 13.4. The number of fused-ring (bicyclic) bond motifs is 2. The van der Waals surface area contributed by atoms with E-state index in [9.17, 15) is 4.79 Å². The Kier molecular flexibility index (Phi) is 7.15. The van der Waals surface area contributed by atoms with Gasteiger partial charge in [0.15, 0.2) is 5.16 Å². The zero-order valence-corrected chi connectivity index (χ0v) is 20.7. The average molecular weight is 495 g/mol. The highest BCUT2D eigenvalue weighted by Gasteiger charge is 2.16. The van der Waals surface area contributed by atoms with E-state index in [2.05, 4.69) is 4.90 Å². The van der Waals surface area contributed by atoms with E-state index in [4.69, 9.17) is 26.3 Å². The van der Waals surface area contributed by atoms with Gasteiger partial charge in [-0.15, -0.1) is 0 Å². The number of halogens is 1. The van der Waals surface area contributed by atoms with Crippen LogP contribution in [-0.4, -0.2) is 52.3 Å². The van der Waals surface area contributed by atoms with Crippen LogP contribution in [0.15, 0.2) is 58.5 Å². The molecule has 0 radical (unpaired) electrons. The molecular formula is C26H27ClN4O2S. The van der Waals surface area contributed by atoms with Crippen molar-refractivity contribution >= 4 is 45.2 Å². The highest BCUT2D eigenvalue weighted by atomic mass is 35.5. The first-order valence-corrected chi connectivity index (χ1v) is 12.9. The molecule has 0 amide bonds. The van der Waals surface area contributed by atoms with E-state index in [0.717, 1.165) is 61.4 Å². The van der Waals surface area contributed by atoms with Crippen LogP contribution < -0.4 is 5.56 Å². The quantitative estimate of drug-likeness (QED) is 0.268. The lowest BCUT2D eigenvalue weighted by molar-refractivity contribution is 0.0368. The molecule has 6 nitrogen and oxygen atoms in total. The summed E-state index contributed by atoms with van der Waals surface area (Å²) < 4.78 is 7.26. The fourth-order valence-corrected chi connectivity index (χ4v) is 5.64. The highest BCUT2D eigenvalue weighted by molar-refractivity contribution is 7.98. The van der Waals surface area contributed by atoms with Gasteiger partial charge in [-0.05, 0) is 37.1 Å². The van der Waals surface area contributed by atoms with E-state index < -0.39 is 0 Å². The molecule has 0 N–H and O–H groups in total. The summed E-state index contributed by atoms with van der Waals surface area (Å²) in [7, 11) is 0. The van der Waals surface area contributed by atoms with Crippen LogP contribution >= 0.6 is 23.4 Å². The predicted molar refractivity (Wildman–Crippen MR) is 139 cm³/mol. The van der Waals surface area contributed by atoms with Crippen LogP contribution in [0.2, 0.25) is 5.02 Å². The Morgan fingerprint density at radius 3 is 2.41 bits per heavy atom. The first-order valence-electron chi connectivity index (χ1n) is 11.6. The zero-order valence-electron chi connectivity index (χ0n) is 19.2. The van der Waals surface area contributed by atoms with Crippen LogP contribution in [0.1, 0.15) is 17.7 Å². The number of para-hydroxylation sites is 2. The first kappa shape index (κ1) is 23.3. The Balaban J connectivity index is 1.42. The molecule has 0 unspecified atom stereocenters.